The van der Waals surface area contributed by atoms with E-state index < -0.39 is 0 Å². The van der Waals surface area contributed by atoms with Crippen molar-refractivity contribution in [3.63, 3.8) is 0 Å². The summed E-state index contributed by atoms with van der Waals surface area (Å²) in [6, 6.07) is 8.38. The molecule has 0 amide bonds. The Hall–Kier alpha value is -1.80. The van der Waals surface area contributed by atoms with Gasteiger partial charge in [-0.2, -0.15) is 5.26 Å². The van der Waals surface area contributed by atoms with E-state index in [2.05, 4.69) is 6.07 Å². The van der Waals surface area contributed by atoms with Crippen molar-refractivity contribution in [2.45, 2.75) is 19.4 Å². The zero-order chi connectivity index (χ0) is 17.0. The minimum absolute atomic E-state index is 0.0381. The molecule has 2 aromatic rings. The Morgan fingerprint density at radius 3 is 2.70 bits per heavy atom. The molecule has 0 radical (unpaired) electrons. The van der Waals surface area contributed by atoms with Crippen molar-refractivity contribution in [1.29, 1.82) is 5.26 Å². The Labute approximate surface area is 144 Å². The third kappa shape index (κ3) is 3.94. The number of nitrogens with zero attached hydrogens (tertiary/aromatic N) is 2. The van der Waals surface area contributed by atoms with Gasteiger partial charge in [0.2, 0.25) is 0 Å². The van der Waals surface area contributed by atoms with E-state index in [-0.39, 0.29) is 11.6 Å². The van der Waals surface area contributed by atoms with Crippen LogP contribution in [0.2, 0.25) is 10.0 Å². The Bertz CT molecular complexity index is 809. The fourth-order valence-electron chi connectivity index (χ4n) is 2.34. The SMILES string of the molecule is COCCC(C)n1cc(Cl)c(-c2cc(Cl)ccc2C#N)cc1=O. The lowest BCUT2D eigenvalue weighted by Gasteiger charge is -2.16. The predicted molar refractivity (Wildman–Crippen MR) is 92.1 cm³/mol. The van der Waals surface area contributed by atoms with Gasteiger partial charge in [-0.25, -0.2) is 0 Å². The van der Waals surface area contributed by atoms with E-state index in [1.807, 2.05) is 6.92 Å². The highest BCUT2D eigenvalue weighted by molar-refractivity contribution is 6.33. The number of benzene rings is 1. The number of hydrogen-bond acceptors (Lipinski definition) is 3. The average molecular weight is 351 g/mol. The van der Waals surface area contributed by atoms with Crippen LogP contribution in [0.5, 0.6) is 0 Å². The van der Waals surface area contributed by atoms with Crippen LogP contribution in [0.15, 0.2) is 35.3 Å². The maximum Gasteiger partial charge on any atom is 0.251 e. The highest BCUT2D eigenvalue weighted by atomic mass is 35.5. The van der Waals surface area contributed by atoms with Gasteiger partial charge in [-0.3, -0.25) is 4.79 Å². The summed E-state index contributed by atoms with van der Waals surface area (Å²) in [4.78, 5) is 12.4. The maximum atomic E-state index is 12.4. The van der Waals surface area contributed by atoms with Gasteiger partial charge in [0.25, 0.3) is 5.56 Å². The van der Waals surface area contributed by atoms with E-state index in [1.54, 1.807) is 36.1 Å². The molecule has 1 aromatic heterocycles. The standard InChI is InChI=1S/C17H16Cl2N2O2/c1-11(5-6-23-2)21-10-16(19)15(8-17(21)22)14-7-13(18)4-3-12(14)9-20/h3-4,7-8,10-11H,5-6H2,1-2H3. The van der Waals surface area contributed by atoms with E-state index in [4.69, 9.17) is 27.9 Å². The summed E-state index contributed by atoms with van der Waals surface area (Å²) < 4.78 is 6.61. The van der Waals surface area contributed by atoms with Crippen molar-refractivity contribution in [2.24, 2.45) is 0 Å². The van der Waals surface area contributed by atoms with E-state index >= 15 is 0 Å². The highest BCUT2D eigenvalue weighted by Gasteiger charge is 2.14. The normalized spacial score (nSPS) is 12.0. The molecule has 1 unspecified atom stereocenters. The number of aromatic nitrogens is 1. The molecule has 0 bridgehead atoms. The molecule has 0 spiro atoms. The number of pyridine rings is 1. The second-order valence-electron chi connectivity index (χ2n) is 5.21. The van der Waals surface area contributed by atoms with E-state index in [0.717, 1.165) is 0 Å². The van der Waals surface area contributed by atoms with Crippen LogP contribution in [0, 0.1) is 11.3 Å². The number of hydrogen-bond donors (Lipinski definition) is 0. The monoisotopic (exact) mass is 350 g/mol. The molecule has 0 fully saturated rings. The summed E-state index contributed by atoms with van der Waals surface area (Å²) in [5.74, 6) is 0. The van der Waals surface area contributed by atoms with Crippen molar-refractivity contribution >= 4 is 23.2 Å². The van der Waals surface area contributed by atoms with Crippen LogP contribution >= 0.6 is 23.2 Å². The Balaban J connectivity index is 2.52. The lowest BCUT2D eigenvalue weighted by Crippen LogP contribution is -2.23. The molecule has 0 aliphatic rings. The van der Waals surface area contributed by atoms with Crippen molar-refractivity contribution in [3.8, 4) is 17.2 Å². The fraction of sp³-hybridized carbons (Fsp3) is 0.294. The first-order valence-corrected chi connectivity index (χ1v) is 7.84. The molecule has 0 saturated carbocycles. The number of rotatable bonds is 5. The summed E-state index contributed by atoms with van der Waals surface area (Å²) in [5, 5.41) is 10.1. The Morgan fingerprint density at radius 2 is 2.04 bits per heavy atom. The maximum absolute atomic E-state index is 12.4. The van der Waals surface area contributed by atoms with Crippen LogP contribution in [-0.4, -0.2) is 18.3 Å². The predicted octanol–water partition coefficient (Wildman–Crippen LogP) is 4.29. The van der Waals surface area contributed by atoms with Crippen LogP contribution < -0.4 is 5.56 Å². The summed E-state index contributed by atoms with van der Waals surface area (Å²) in [6.45, 7) is 2.48. The van der Waals surface area contributed by atoms with Crippen LogP contribution in [-0.2, 0) is 4.74 Å². The topological polar surface area (TPSA) is 55.0 Å². The fourth-order valence-corrected chi connectivity index (χ4v) is 2.77. The van der Waals surface area contributed by atoms with E-state index in [9.17, 15) is 10.1 Å². The van der Waals surface area contributed by atoms with Gasteiger partial charge < -0.3 is 9.30 Å². The van der Waals surface area contributed by atoms with Crippen molar-refractivity contribution in [2.75, 3.05) is 13.7 Å². The molecule has 0 N–H and O–H groups in total. The lowest BCUT2D eigenvalue weighted by atomic mass is 10.0. The van der Waals surface area contributed by atoms with E-state index in [0.29, 0.717) is 39.8 Å². The van der Waals surface area contributed by atoms with Crippen LogP contribution in [0.4, 0.5) is 0 Å². The highest BCUT2D eigenvalue weighted by Crippen LogP contribution is 2.31. The van der Waals surface area contributed by atoms with Crippen LogP contribution in [0.3, 0.4) is 0 Å². The summed E-state index contributed by atoms with van der Waals surface area (Å²) >= 11 is 12.4. The average Bonchev–Trinajstić information content (AvgIpc) is 2.54. The first-order valence-electron chi connectivity index (χ1n) is 7.08. The summed E-state index contributed by atoms with van der Waals surface area (Å²) in [5.41, 5.74) is 1.29. The number of nitriles is 1. The number of halogens is 2. The second-order valence-corrected chi connectivity index (χ2v) is 6.06. The molecule has 23 heavy (non-hydrogen) atoms. The summed E-state index contributed by atoms with van der Waals surface area (Å²) in [7, 11) is 1.62. The number of ether oxygens (including phenoxy) is 1. The number of methoxy groups -OCH3 is 1. The molecule has 4 nitrogen and oxygen atoms in total. The van der Waals surface area contributed by atoms with Crippen LogP contribution in [0.1, 0.15) is 24.9 Å². The molecule has 0 aliphatic heterocycles. The first kappa shape index (κ1) is 17.6. The molecule has 0 saturated heterocycles. The van der Waals surface area contributed by atoms with Gasteiger partial charge in [-0.15, -0.1) is 0 Å². The molecule has 1 heterocycles. The van der Waals surface area contributed by atoms with Crippen molar-refractivity contribution in [1.82, 2.24) is 4.57 Å². The molecule has 0 aliphatic carbocycles. The van der Waals surface area contributed by atoms with Gasteiger partial charge in [0, 0.05) is 48.2 Å². The third-order valence-corrected chi connectivity index (χ3v) is 4.18. The molecule has 1 aromatic carbocycles. The minimum Gasteiger partial charge on any atom is -0.385 e. The zero-order valence-corrected chi connectivity index (χ0v) is 14.4. The largest absolute Gasteiger partial charge is 0.385 e. The van der Waals surface area contributed by atoms with Gasteiger partial charge in [0.15, 0.2) is 0 Å². The van der Waals surface area contributed by atoms with Crippen LogP contribution in [0.25, 0.3) is 11.1 Å². The molecular weight excluding hydrogens is 335 g/mol. The summed E-state index contributed by atoms with van der Waals surface area (Å²) in [6.07, 6.45) is 2.30. The van der Waals surface area contributed by atoms with Gasteiger partial charge in [-0.05, 0) is 31.5 Å². The lowest BCUT2D eigenvalue weighted by molar-refractivity contribution is 0.180. The molecule has 1 atom stereocenters. The smallest absolute Gasteiger partial charge is 0.251 e. The zero-order valence-electron chi connectivity index (χ0n) is 12.8. The Morgan fingerprint density at radius 1 is 1.30 bits per heavy atom. The Kier molecular flexibility index (Phi) is 5.84. The molecule has 6 heteroatoms. The quantitative estimate of drug-likeness (QED) is 0.807. The van der Waals surface area contributed by atoms with Gasteiger partial charge >= 0.3 is 0 Å². The van der Waals surface area contributed by atoms with Gasteiger partial charge in [0.05, 0.1) is 16.7 Å². The molecular formula is C17H16Cl2N2O2. The van der Waals surface area contributed by atoms with Crippen molar-refractivity contribution in [3.05, 3.63) is 56.4 Å². The van der Waals surface area contributed by atoms with Gasteiger partial charge in [-0.1, -0.05) is 23.2 Å². The van der Waals surface area contributed by atoms with Crippen molar-refractivity contribution < 1.29 is 4.74 Å². The van der Waals surface area contributed by atoms with E-state index in [1.165, 1.54) is 6.07 Å². The molecule has 120 valence electrons. The second kappa shape index (κ2) is 7.65. The molecule has 2 rings (SSSR count). The first-order chi connectivity index (χ1) is 11.0. The minimum atomic E-state index is -0.183. The van der Waals surface area contributed by atoms with Gasteiger partial charge in [0.1, 0.15) is 0 Å². The third-order valence-electron chi connectivity index (χ3n) is 3.64.